The van der Waals surface area contributed by atoms with Crippen molar-refractivity contribution in [2.75, 3.05) is 0 Å². The summed E-state index contributed by atoms with van der Waals surface area (Å²) in [7, 11) is 0. The molecule has 2 rings (SSSR count). The van der Waals surface area contributed by atoms with Gasteiger partial charge in [0, 0.05) is 4.47 Å². The summed E-state index contributed by atoms with van der Waals surface area (Å²) < 4.78 is 39.1. The summed E-state index contributed by atoms with van der Waals surface area (Å²) in [5, 5.41) is 0. The Balaban J connectivity index is 2.45. The van der Waals surface area contributed by atoms with Gasteiger partial charge in [-0.15, -0.1) is 0 Å². The second kappa shape index (κ2) is 3.72. The van der Waals surface area contributed by atoms with Crippen molar-refractivity contribution >= 4 is 15.9 Å². The van der Waals surface area contributed by atoms with E-state index in [0.717, 1.165) is 5.56 Å². The lowest BCUT2D eigenvalue weighted by Gasteiger charge is -2.17. The van der Waals surface area contributed by atoms with E-state index in [0.29, 0.717) is 10.9 Å². The average molecular weight is 295 g/mol. The van der Waals surface area contributed by atoms with Crippen LogP contribution in [0.3, 0.4) is 0 Å². The molecule has 1 aliphatic heterocycles. The molecule has 2 nitrogen and oxygen atoms in total. The molecule has 88 valence electrons. The largest absolute Gasteiger partial charge is 0.426 e. The molecule has 0 unspecified atom stereocenters. The fourth-order valence-electron chi connectivity index (χ4n) is 1.58. The summed E-state index contributed by atoms with van der Waals surface area (Å²) in [6.07, 6.45) is -3.65. The first-order chi connectivity index (χ1) is 7.39. The maximum absolute atomic E-state index is 12.8. The van der Waals surface area contributed by atoms with Crippen LogP contribution in [0.5, 0.6) is 0 Å². The van der Waals surface area contributed by atoms with E-state index in [-0.39, 0.29) is 5.56 Å². The lowest BCUT2D eigenvalue weighted by molar-refractivity contribution is -0.165. The normalized spacial score (nSPS) is 18.6. The van der Waals surface area contributed by atoms with E-state index in [1.165, 1.54) is 6.07 Å². The van der Waals surface area contributed by atoms with Crippen LogP contribution >= 0.6 is 15.9 Å². The number of aryl methyl sites for hydroxylation is 1. The molecule has 16 heavy (non-hydrogen) atoms. The highest BCUT2D eigenvalue weighted by atomic mass is 79.9. The van der Waals surface area contributed by atoms with Crippen LogP contribution in [0.2, 0.25) is 0 Å². The molecular formula is C10H10BrF3N2. The summed E-state index contributed by atoms with van der Waals surface area (Å²) in [6, 6.07) is 4.85. The first-order valence-corrected chi connectivity index (χ1v) is 5.59. The Bertz CT molecular complexity index is 413. The zero-order valence-corrected chi connectivity index (χ0v) is 10.0. The topological polar surface area (TPSA) is 43.9 Å². The Kier molecular flexibility index (Phi) is 2.76. The first kappa shape index (κ1) is 11.9. The number of halogens is 4. The molecule has 1 saturated heterocycles. The molecular weight excluding hydrogens is 285 g/mol. The van der Waals surface area contributed by atoms with Gasteiger partial charge in [0.2, 0.25) is 5.66 Å². The molecule has 0 atom stereocenters. The molecule has 1 aromatic rings. The summed E-state index contributed by atoms with van der Waals surface area (Å²) in [5.41, 5.74) is 3.36. The predicted octanol–water partition coefficient (Wildman–Crippen LogP) is 2.83. The minimum atomic E-state index is -4.35. The molecule has 1 heterocycles. The molecule has 0 spiro atoms. The van der Waals surface area contributed by atoms with Crippen LogP contribution in [0.4, 0.5) is 13.2 Å². The van der Waals surface area contributed by atoms with Gasteiger partial charge in [-0.05, 0) is 29.7 Å². The van der Waals surface area contributed by atoms with E-state index >= 15 is 0 Å². The molecule has 6 heteroatoms. The lowest BCUT2D eigenvalue weighted by atomic mass is 10.0. The van der Waals surface area contributed by atoms with E-state index in [4.69, 9.17) is 0 Å². The number of nitrogens with one attached hydrogen (secondary N) is 2. The fourth-order valence-corrected chi connectivity index (χ4v) is 2.12. The Labute approximate surface area is 99.3 Å². The van der Waals surface area contributed by atoms with Gasteiger partial charge in [0.25, 0.3) is 0 Å². The molecule has 1 aromatic carbocycles. The Morgan fingerprint density at radius 3 is 2.31 bits per heavy atom. The smallest absolute Gasteiger partial charge is 0.223 e. The van der Waals surface area contributed by atoms with Crippen molar-refractivity contribution in [3.8, 4) is 0 Å². The maximum atomic E-state index is 12.8. The monoisotopic (exact) mass is 294 g/mol. The summed E-state index contributed by atoms with van der Waals surface area (Å²) in [4.78, 5) is 0. The van der Waals surface area contributed by atoms with Crippen LogP contribution in [0, 0.1) is 0 Å². The molecule has 0 saturated carbocycles. The van der Waals surface area contributed by atoms with Gasteiger partial charge in [-0.25, -0.2) is 10.9 Å². The number of hydrogen-bond donors (Lipinski definition) is 2. The van der Waals surface area contributed by atoms with Crippen molar-refractivity contribution in [3.05, 3.63) is 33.8 Å². The zero-order chi connectivity index (χ0) is 12.0. The zero-order valence-electron chi connectivity index (χ0n) is 8.45. The molecule has 0 bridgehead atoms. The van der Waals surface area contributed by atoms with Gasteiger partial charge >= 0.3 is 6.18 Å². The SMILES string of the molecule is CCc1cc(Br)cc(C2(C(F)(F)F)NN2)c1. The molecule has 2 N–H and O–H groups in total. The summed E-state index contributed by atoms with van der Waals surface area (Å²) in [6.45, 7) is 1.90. The third-order valence-electron chi connectivity index (χ3n) is 2.60. The molecule has 1 aliphatic rings. The van der Waals surface area contributed by atoms with Gasteiger partial charge in [0.1, 0.15) is 0 Å². The Hall–Kier alpha value is -0.590. The number of benzene rings is 1. The van der Waals surface area contributed by atoms with Crippen molar-refractivity contribution in [2.45, 2.75) is 25.2 Å². The molecule has 0 aromatic heterocycles. The van der Waals surface area contributed by atoms with Gasteiger partial charge in [0.15, 0.2) is 0 Å². The van der Waals surface area contributed by atoms with Crippen LogP contribution in [-0.4, -0.2) is 6.18 Å². The first-order valence-electron chi connectivity index (χ1n) is 4.80. The number of hydrogen-bond acceptors (Lipinski definition) is 2. The minimum absolute atomic E-state index is 0.186. The standard InChI is InChI=1S/C10H10BrF3N2/c1-2-6-3-7(5-8(11)4-6)9(15-16-9)10(12,13)14/h3-5,15-16H,2H2,1H3. The van der Waals surface area contributed by atoms with Crippen molar-refractivity contribution in [1.29, 1.82) is 0 Å². The maximum Gasteiger partial charge on any atom is 0.426 e. The van der Waals surface area contributed by atoms with Crippen LogP contribution in [-0.2, 0) is 12.1 Å². The highest BCUT2D eigenvalue weighted by Crippen LogP contribution is 2.42. The average Bonchev–Trinajstić information content (AvgIpc) is 2.96. The van der Waals surface area contributed by atoms with Gasteiger partial charge in [0.05, 0.1) is 0 Å². The Morgan fingerprint density at radius 1 is 1.25 bits per heavy atom. The minimum Gasteiger partial charge on any atom is -0.223 e. The van der Waals surface area contributed by atoms with E-state index in [9.17, 15) is 13.2 Å². The van der Waals surface area contributed by atoms with Crippen molar-refractivity contribution in [1.82, 2.24) is 10.9 Å². The van der Waals surface area contributed by atoms with Gasteiger partial charge in [-0.3, -0.25) is 0 Å². The summed E-state index contributed by atoms with van der Waals surface area (Å²) >= 11 is 3.22. The highest BCUT2D eigenvalue weighted by molar-refractivity contribution is 9.10. The number of alkyl halides is 3. The van der Waals surface area contributed by atoms with Crippen LogP contribution < -0.4 is 10.9 Å². The van der Waals surface area contributed by atoms with Gasteiger partial charge in [-0.2, -0.15) is 13.2 Å². The van der Waals surface area contributed by atoms with Crippen molar-refractivity contribution in [3.63, 3.8) is 0 Å². The molecule has 0 radical (unpaired) electrons. The predicted molar refractivity (Wildman–Crippen MR) is 57.5 cm³/mol. The Morgan fingerprint density at radius 2 is 1.88 bits per heavy atom. The third-order valence-corrected chi connectivity index (χ3v) is 3.06. The van der Waals surface area contributed by atoms with Crippen LogP contribution in [0.25, 0.3) is 0 Å². The molecule has 1 fully saturated rings. The van der Waals surface area contributed by atoms with E-state index in [2.05, 4.69) is 26.8 Å². The second-order valence-corrected chi connectivity index (χ2v) is 4.62. The number of hydrazine groups is 1. The summed E-state index contributed by atoms with van der Waals surface area (Å²) in [5.74, 6) is 0. The van der Waals surface area contributed by atoms with Gasteiger partial charge < -0.3 is 0 Å². The van der Waals surface area contributed by atoms with Crippen molar-refractivity contribution < 1.29 is 13.2 Å². The second-order valence-electron chi connectivity index (χ2n) is 3.70. The highest BCUT2D eigenvalue weighted by Gasteiger charge is 2.65. The quantitative estimate of drug-likeness (QED) is 0.824. The van der Waals surface area contributed by atoms with Crippen LogP contribution in [0.15, 0.2) is 22.7 Å². The van der Waals surface area contributed by atoms with E-state index in [1.807, 2.05) is 13.0 Å². The van der Waals surface area contributed by atoms with Crippen molar-refractivity contribution in [2.24, 2.45) is 0 Å². The molecule has 0 amide bonds. The van der Waals surface area contributed by atoms with Gasteiger partial charge in [-0.1, -0.05) is 28.9 Å². The van der Waals surface area contributed by atoms with E-state index in [1.54, 1.807) is 6.07 Å². The van der Waals surface area contributed by atoms with Crippen LogP contribution in [0.1, 0.15) is 18.1 Å². The lowest BCUT2D eigenvalue weighted by Crippen LogP contribution is -2.34. The number of rotatable bonds is 2. The third kappa shape index (κ3) is 1.85. The van der Waals surface area contributed by atoms with E-state index < -0.39 is 11.8 Å². The molecule has 0 aliphatic carbocycles. The fraction of sp³-hybridized carbons (Fsp3) is 0.400.